The first-order chi connectivity index (χ1) is 14.5. The summed E-state index contributed by atoms with van der Waals surface area (Å²) in [4.78, 5) is 15.6. The first kappa shape index (κ1) is 21.1. The highest BCUT2D eigenvalue weighted by atomic mass is 32.2. The normalized spacial score (nSPS) is 22.3. The van der Waals surface area contributed by atoms with Gasteiger partial charge in [-0.2, -0.15) is 0 Å². The molecule has 1 N–H and O–H groups in total. The zero-order chi connectivity index (χ0) is 21.1. The van der Waals surface area contributed by atoms with Crippen LogP contribution >= 0.6 is 0 Å². The Bertz CT molecular complexity index is 964. The van der Waals surface area contributed by atoms with Gasteiger partial charge in [-0.1, -0.05) is 29.8 Å². The monoisotopic (exact) mass is 431 g/mol. The van der Waals surface area contributed by atoms with Gasteiger partial charge >= 0.3 is 5.97 Å². The van der Waals surface area contributed by atoms with E-state index in [0.29, 0.717) is 36.4 Å². The number of anilines is 1. The predicted octanol–water partition coefficient (Wildman–Crippen LogP) is 1.82. The summed E-state index contributed by atoms with van der Waals surface area (Å²) >= 11 is 0. The summed E-state index contributed by atoms with van der Waals surface area (Å²) in [7, 11) is -3.81. The number of allylic oxidation sites excluding steroid dienone is 4. The van der Waals surface area contributed by atoms with Gasteiger partial charge in [0.05, 0.1) is 10.6 Å². The number of hydrogen-bond acceptors (Lipinski definition) is 6. The largest absolute Gasteiger partial charge is 0.463 e. The molecule has 30 heavy (non-hydrogen) atoms. The van der Waals surface area contributed by atoms with E-state index < -0.39 is 22.0 Å². The number of carbonyl (C=O) groups is 1. The third kappa shape index (κ3) is 4.31. The minimum atomic E-state index is -3.81. The molecule has 1 aromatic rings. The third-order valence-corrected chi connectivity index (χ3v) is 7.85. The molecule has 0 bridgehead atoms. The average Bonchev–Trinajstić information content (AvgIpc) is 3.15. The Kier molecular flexibility index (Phi) is 6.26. The molecular weight excluding hydrogens is 402 g/mol. The van der Waals surface area contributed by atoms with E-state index in [9.17, 15) is 13.2 Å². The number of carbonyl (C=O) groups excluding carboxylic acids is 1. The molecule has 0 saturated carbocycles. The number of nitrogens with zero attached hydrogens (tertiary/aromatic N) is 2. The molecule has 0 spiro atoms. The second kappa shape index (κ2) is 8.91. The van der Waals surface area contributed by atoms with Crippen LogP contribution in [0.5, 0.6) is 0 Å². The lowest BCUT2D eigenvalue weighted by Gasteiger charge is -2.29. The van der Waals surface area contributed by atoms with E-state index in [-0.39, 0.29) is 6.61 Å². The third-order valence-electron chi connectivity index (χ3n) is 5.89. The van der Waals surface area contributed by atoms with E-state index in [2.05, 4.69) is 10.2 Å². The van der Waals surface area contributed by atoms with Crippen molar-refractivity contribution in [2.75, 3.05) is 43.6 Å². The van der Waals surface area contributed by atoms with Gasteiger partial charge in [0.25, 0.3) is 10.0 Å². The maximum absolute atomic E-state index is 13.5. The minimum Gasteiger partial charge on any atom is -0.463 e. The van der Waals surface area contributed by atoms with Crippen LogP contribution in [0.3, 0.4) is 0 Å². The number of sulfonamides is 1. The van der Waals surface area contributed by atoms with Gasteiger partial charge in [-0.25, -0.2) is 13.2 Å². The summed E-state index contributed by atoms with van der Waals surface area (Å²) in [5.41, 5.74) is 2.37. The summed E-state index contributed by atoms with van der Waals surface area (Å²) in [5.74, 6) is -0.478. The Morgan fingerprint density at radius 3 is 2.77 bits per heavy atom. The number of esters is 1. The lowest BCUT2D eigenvalue weighted by Crippen LogP contribution is -2.46. The summed E-state index contributed by atoms with van der Waals surface area (Å²) in [6, 6.07) is 6.47. The highest BCUT2D eigenvalue weighted by Crippen LogP contribution is 2.38. The lowest BCUT2D eigenvalue weighted by molar-refractivity contribution is -0.145. The number of hydrogen-bond donors (Lipinski definition) is 1. The molecule has 3 aliphatic rings. The van der Waals surface area contributed by atoms with Gasteiger partial charge in [0.2, 0.25) is 0 Å². The highest BCUT2D eigenvalue weighted by Gasteiger charge is 2.43. The van der Waals surface area contributed by atoms with Crippen LogP contribution in [-0.4, -0.2) is 64.7 Å². The van der Waals surface area contributed by atoms with Crippen LogP contribution in [0.15, 0.2) is 46.9 Å². The molecule has 0 aromatic heterocycles. The van der Waals surface area contributed by atoms with Crippen LogP contribution in [0.2, 0.25) is 0 Å². The van der Waals surface area contributed by atoms with Gasteiger partial charge < -0.3 is 10.1 Å². The topological polar surface area (TPSA) is 79.0 Å². The Morgan fingerprint density at radius 2 is 2.00 bits per heavy atom. The van der Waals surface area contributed by atoms with E-state index in [4.69, 9.17) is 4.74 Å². The second-order valence-corrected chi connectivity index (χ2v) is 9.87. The zero-order valence-electron chi connectivity index (χ0n) is 17.3. The van der Waals surface area contributed by atoms with Gasteiger partial charge in [-0.15, -0.1) is 0 Å². The second-order valence-electron chi connectivity index (χ2n) is 8.01. The molecule has 1 unspecified atom stereocenters. The molecule has 0 radical (unpaired) electrons. The fourth-order valence-electron chi connectivity index (χ4n) is 4.30. The van der Waals surface area contributed by atoms with Crippen LogP contribution in [0, 0.1) is 0 Å². The number of ether oxygens (including phenoxy) is 1. The smallest absolute Gasteiger partial charge is 0.330 e. The van der Waals surface area contributed by atoms with Gasteiger partial charge in [0.1, 0.15) is 12.6 Å². The van der Waals surface area contributed by atoms with Crippen molar-refractivity contribution in [3.8, 4) is 0 Å². The van der Waals surface area contributed by atoms with E-state index in [1.165, 1.54) is 4.31 Å². The molecular formula is C22H29N3O4S. The SMILES string of the molecule is CC1=CCCC(S(=O)(=O)N2c3ccccc3CC2C(=O)OCCN2CCNCC2)=C1. The molecule has 2 aliphatic heterocycles. The zero-order valence-corrected chi connectivity index (χ0v) is 18.2. The van der Waals surface area contributed by atoms with Crippen LogP contribution in [0.25, 0.3) is 0 Å². The van der Waals surface area contributed by atoms with Crippen molar-refractivity contribution in [1.82, 2.24) is 10.2 Å². The average molecular weight is 432 g/mol. The molecule has 8 heteroatoms. The number of para-hydroxylation sites is 1. The molecule has 1 saturated heterocycles. The Hall–Kier alpha value is -2.16. The maximum atomic E-state index is 13.5. The van der Waals surface area contributed by atoms with E-state index in [1.807, 2.05) is 25.1 Å². The molecule has 4 rings (SSSR count). The van der Waals surface area contributed by atoms with Crippen molar-refractivity contribution >= 4 is 21.7 Å². The van der Waals surface area contributed by atoms with E-state index in [1.54, 1.807) is 18.2 Å². The molecule has 1 fully saturated rings. The Balaban J connectivity index is 1.53. The maximum Gasteiger partial charge on any atom is 0.330 e. The molecule has 1 aromatic carbocycles. The van der Waals surface area contributed by atoms with Crippen molar-refractivity contribution in [1.29, 1.82) is 0 Å². The van der Waals surface area contributed by atoms with E-state index >= 15 is 0 Å². The van der Waals surface area contributed by atoms with Gasteiger partial charge in [0.15, 0.2) is 0 Å². The van der Waals surface area contributed by atoms with Crippen molar-refractivity contribution in [2.45, 2.75) is 32.2 Å². The van der Waals surface area contributed by atoms with Gasteiger partial charge in [-0.3, -0.25) is 9.21 Å². The number of nitrogens with one attached hydrogen (secondary N) is 1. The molecule has 2 heterocycles. The first-order valence-corrected chi connectivity index (χ1v) is 12.0. The number of fused-ring (bicyclic) bond motifs is 1. The van der Waals surface area contributed by atoms with Crippen LogP contribution in [0.4, 0.5) is 5.69 Å². The van der Waals surface area contributed by atoms with Gasteiger partial charge in [0, 0.05) is 39.1 Å². The molecule has 1 aliphatic carbocycles. The molecule has 7 nitrogen and oxygen atoms in total. The van der Waals surface area contributed by atoms with Crippen molar-refractivity contribution in [3.63, 3.8) is 0 Å². The quantitative estimate of drug-likeness (QED) is 0.693. The number of piperazine rings is 1. The van der Waals surface area contributed by atoms with Crippen LogP contribution < -0.4 is 9.62 Å². The summed E-state index contributed by atoms with van der Waals surface area (Å²) in [5, 5.41) is 3.29. The predicted molar refractivity (Wildman–Crippen MR) is 117 cm³/mol. The molecule has 162 valence electrons. The van der Waals surface area contributed by atoms with Crippen LogP contribution in [0.1, 0.15) is 25.3 Å². The highest BCUT2D eigenvalue weighted by molar-refractivity contribution is 7.96. The summed E-state index contributed by atoms with van der Waals surface area (Å²) in [6.07, 6.45) is 5.21. The van der Waals surface area contributed by atoms with E-state index in [0.717, 1.165) is 37.3 Å². The number of rotatable bonds is 6. The van der Waals surface area contributed by atoms with Crippen molar-refractivity contribution < 1.29 is 17.9 Å². The fourth-order valence-corrected chi connectivity index (χ4v) is 6.19. The fraction of sp³-hybridized carbons (Fsp3) is 0.500. The molecule has 0 amide bonds. The first-order valence-electron chi connectivity index (χ1n) is 10.6. The molecule has 1 atom stereocenters. The minimum absolute atomic E-state index is 0.268. The number of benzene rings is 1. The lowest BCUT2D eigenvalue weighted by atomic mass is 10.1. The van der Waals surface area contributed by atoms with Crippen LogP contribution in [-0.2, 0) is 26.0 Å². The van der Waals surface area contributed by atoms with Gasteiger partial charge in [-0.05, 0) is 37.5 Å². The standard InChI is InChI=1S/C22H29N3O4S/c1-17-5-4-7-19(15-17)30(27,28)25-20-8-3-2-6-18(20)16-21(25)22(26)29-14-13-24-11-9-23-10-12-24/h2-3,5-6,8,15,21,23H,4,7,9-14,16H2,1H3. The Labute approximate surface area is 178 Å². The Morgan fingerprint density at radius 1 is 1.23 bits per heavy atom. The summed E-state index contributed by atoms with van der Waals surface area (Å²) < 4.78 is 33.9. The summed E-state index contributed by atoms with van der Waals surface area (Å²) in [6.45, 7) is 6.54. The van der Waals surface area contributed by atoms with Crippen molar-refractivity contribution in [2.24, 2.45) is 0 Å². The van der Waals surface area contributed by atoms with Crippen molar-refractivity contribution in [3.05, 3.63) is 52.5 Å².